The van der Waals surface area contributed by atoms with Crippen molar-refractivity contribution in [3.8, 4) is 5.75 Å². The molecule has 0 unspecified atom stereocenters. The largest absolute Gasteiger partial charge is 0.489 e. The molecule has 0 saturated carbocycles. The molecule has 3 rings (SSSR count). The molecule has 0 aliphatic heterocycles. The van der Waals surface area contributed by atoms with Crippen LogP contribution in [-0.4, -0.2) is 34.8 Å². The van der Waals surface area contributed by atoms with E-state index >= 15 is 0 Å². The Kier molecular flexibility index (Phi) is 8.79. The lowest BCUT2D eigenvalue weighted by molar-refractivity contribution is -0.117. The maximum atomic E-state index is 12.2. The fraction of sp³-hybridized carbons (Fsp3) is 0.240. The standard InChI is InChI=1S/C25H28N4O4/c1-3-29(4-2)17-22-12-13-23(33-22)25(31)28-27-24(30)14-9-19-7-10-21(11-8-19)32-18-20-6-5-15-26-16-20/h5-16H,3-4,17-18H2,1-2H3,(H,27,30)(H,28,31)/b14-9+. The Morgan fingerprint density at radius 1 is 1.06 bits per heavy atom. The van der Waals surface area contributed by atoms with Gasteiger partial charge in [-0.2, -0.15) is 0 Å². The topological polar surface area (TPSA) is 96.7 Å². The second-order valence-corrected chi connectivity index (χ2v) is 7.22. The van der Waals surface area contributed by atoms with Gasteiger partial charge in [-0.1, -0.05) is 32.0 Å². The summed E-state index contributed by atoms with van der Waals surface area (Å²) in [6, 6.07) is 14.5. The van der Waals surface area contributed by atoms with Crippen molar-refractivity contribution in [2.75, 3.05) is 13.1 Å². The maximum Gasteiger partial charge on any atom is 0.305 e. The molecule has 0 bridgehead atoms. The van der Waals surface area contributed by atoms with E-state index in [1.165, 1.54) is 6.08 Å². The van der Waals surface area contributed by atoms with Gasteiger partial charge < -0.3 is 9.15 Å². The minimum absolute atomic E-state index is 0.142. The number of benzene rings is 1. The molecular formula is C25H28N4O4. The Balaban J connectivity index is 1.43. The number of aromatic nitrogens is 1. The lowest BCUT2D eigenvalue weighted by atomic mass is 10.2. The first-order valence-electron chi connectivity index (χ1n) is 10.8. The van der Waals surface area contributed by atoms with Crippen LogP contribution in [0.15, 0.2) is 71.4 Å². The van der Waals surface area contributed by atoms with Crippen LogP contribution < -0.4 is 15.6 Å². The van der Waals surface area contributed by atoms with Crippen molar-refractivity contribution in [2.24, 2.45) is 0 Å². The van der Waals surface area contributed by atoms with Crippen molar-refractivity contribution in [1.82, 2.24) is 20.7 Å². The van der Waals surface area contributed by atoms with Gasteiger partial charge in [-0.05, 0) is 55.1 Å². The minimum atomic E-state index is -0.516. The smallest absolute Gasteiger partial charge is 0.305 e. The number of nitrogens with one attached hydrogen (secondary N) is 2. The fourth-order valence-corrected chi connectivity index (χ4v) is 2.97. The maximum absolute atomic E-state index is 12.2. The lowest BCUT2D eigenvalue weighted by Gasteiger charge is -2.15. The molecular weight excluding hydrogens is 420 g/mol. The van der Waals surface area contributed by atoms with Crippen molar-refractivity contribution in [2.45, 2.75) is 27.0 Å². The van der Waals surface area contributed by atoms with Gasteiger partial charge in [0.1, 0.15) is 18.1 Å². The average molecular weight is 449 g/mol. The molecule has 172 valence electrons. The van der Waals surface area contributed by atoms with Gasteiger partial charge in [0.05, 0.1) is 6.54 Å². The van der Waals surface area contributed by atoms with Crippen LogP contribution >= 0.6 is 0 Å². The Morgan fingerprint density at radius 2 is 1.85 bits per heavy atom. The van der Waals surface area contributed by atoms with Crippen LogP contribution in [0.1, 0.15) is 41.3 Å². The molecule has 2 amide bonds. The fourth-order valence-electron chi connectivity index (χ4n) is 2.97. The van der Waals surface area contributed by atoms with E-state index in [-0.39, 0.29) is 5.76 Å². The van der Waals surface area contributed by atoms with Gasteiger partial charge in [0, 0.05) is 24.0 Å². The molecule has 1 aromatic carbocycles. The van der Waals surface area contributed by atoms with Crippen LogP contribution in [0, 0.1) is 0 Å². The summed E-state index contributed by atoms with van der Waals surface area (Å²) in [5.74, 6) is 0.575. The third-order valence-electron chi connectivity index (χ3n) is 4.89. The van der Waals surface area contributed by atoms with Crippen molar-refractivity contribution >= 4 is 17.9 Å². The highest BCUT2D eigenvalue weighted by atomic mass is 16.5. The van der Waals surface area contributed by atoms with Crippen LogP contribution in [0.4, 0.5) is 0 Å². The molecule has 8 nitrogen and oxygen atoms in total. The monoisotopic (exact) mass is 448 g/mol. The van der Waals surface area contributed by atoms with E-state index in [4.69, 9.17) is 9.15 Å². The number of pyridine rings is 1. The molecule has 0 atom stereocenters. The van der Waals surface area contributed by atoms with E-state index < -0.39 is 11.8 Å². The summed E-state index contributed by atoms with van der Waals surface area (Å²) in [4.78, 5) is 30.4. The summed E-state index contributed by atoms with van der Waals surface area (Å²) in [6.45, 7) is 6.97. The van der Waals surface area contributed by atoms with Gasteiger partial charge in [-0.3, -0.25) is 30.3 Å². The van der Waals surface area contributed by atoms with Crippen LogP contribution in [-0.2, 0) is 17.9 Å². The van der Waals surface area contributed by atoms with Gasteiger partial charge in [0.25, 0.3) is 5.91 Å². The van der Waals surface area contributed by atoms with Crippen LogP contribution in [0.2, 0.25) is 0 Å². The number of carbonyl (C=O) groups excluding carboxylic acids is 2. The molecule has 2 aromatic heterocycles. The van der Waals surface area contributed by atoms with E-state index in [2.05, 4.69) is 34.6 Å². The first-order valence-corrected chi connectivity index (χ1v) is 10.8. The minimum Gasteiger partial charge on any atom is -0.489 e. The molecule has 2 heterocycles. The summed E-state index contributed by atoms with van der Waals surface area (Å²) < 4.78 is 11.3. The zero-order valence-electron chi connectivity index (χ0n) is 18.8. The zero-order chi connectivity index (χ0) is 23.5. The predicted octanol–water partition coefficient (Wildman–Crippen LogP) is 3.57. The number of hydrogen-bond acceptors (Lipinski definition) is 6. The molecule has 0 spiro atoms. The summed E-state index contributed by atoms with van der Waals surface area (Å²) >= 11 is 0. The lowest BCUT2D eigenvalue weighted by Crippen LogP contribution is -2.40. The number of rotatable bonds is 10. The van der Waals surface area contributed by atoms with Gasteiger partial charge in [0.15, 0.2) is 5.76 Å². The van der Waals surface area contributed by atoms with Gasteiger partial charge in [-0.25, -0.2) is 0 Å². The number of nitrogens with zero attached hydrogens (tertiary/aromatic N) is 2. The number of hydrogen-bond donors (Lipinski definition) is 2. The zero-order valence-corrected chi connectivity index (χ0v) is 18.8. The highest BCUT2D eigenvalue weighted by molar-refractivity contribution is 5.96. The average Bonchev–Trinajstić information content (AvgIpc) is 3.33. The van der Waals surface area contributed by atoms with E-state index in [0.717, 1.165) is 24.2 Å². The highest BCUT2D eigenvalue weighted by Crippen LogP contribution is 2.15. The molecule has 2 N–H and O–H groups in total. The van der Waals surface area contributed by atoms with E-state index in [1.54, 1.807) is 30.6 Å². The molecule has 0 aliphatic carbocycles. The van der Waals surface area contributed by atoms with Crippen LogP contribution in [0.5, 0.6) is 5.75 Å². The van der Waals surface area contributed by atoms with Gasteiger partial charge >= 0.3 is 5.91 Å². The van der Waals surface area contributed by atoms with Crippen LogP contribution in [0.25, 0.3) is 6.08 Å². The Morgan fingerprint density at radius 3 is 2.55 bits per heavy atom. The highest BCUT2D eigenvalue weighted by Gasteiger charge is 2.13. The van der Waals surface area contributed by atoms with Gasteiger partial charge in [0.2, 0.25) is 0 Å². The predicted molar refractivity (Wildman–Crippen MR) is 125 cm³/mol. The molecule has 0 radical (unpaired) electrons. The first-order chi connectivity index (χ1) is 16.1. The van der Waals surface area contributed by atoms with Crippen molar-refractivity contribution in [1.29, 1.82) is 0 Å². The SMILES string of the molecule is CCN(CC)Cc1ccc(C(=O)NNC(=O)/C=C/c2ccc(OCc3cccnc3)cc2)o1. The number of furan rings is 1. The number of hydrazine groups is 1. The van der Waals surface area contributed by atoms with Crippen molar-refractivity contribution in [3.05, 3.63) is 89.6 Å². The van der Waals surface area contributed by atoms with E-state index in [0.29, 0.717) is 24.7 Å². The molecule has 3 aromatic rings. The number of amides is 2. The third-order valence-corrected chi connectivity index (χ3v) is 4.89. The van der Waals surface area contributed by atoms with Crippen LogP contribution in [0.3, 0.4) is 0 Å². The van der Waals surface area contributed by atoms with E-state index in [1.807, 2.05) is 36.4 Å². The van der Waals surface area contributed by atoms with Crippen molar-refractivity contribution < 1.29 is 18.7 Å². The quantitative estimate of drug-likeness (QED) is 0.364. The summed E-state index contributed by atoms with van der Waals surface area (Å²) in [6.07, 6.45) is 6.44. The summed E-state index contributed by atoms with van der Waals surface area (Å²) in [5.41, 5.74) is 6.49. The summed E-state index contributed by atoms with van der Waals surface area (Å²) in [5, 5.41) is 0. The number of ether oxygens (including phenoxy) is 1. The van der Waals surface area contributed by atoms with E-state index in [9.17, 15) is 9.59 Å². The Labute approximate surface area is 193 Å². The number of carbonyl (C=O) groups is 2. The molecule has 0 saturated heterocycles. The molecule has 0 aliphatic rings. The molecule has 8 heteroatoms. The first kappa shape index (κ1) is 23.7. The molecule has 0 fully saturated rings. The summed E-state index contributed by atoms with van der Waals surface area (Å²) in [7, 11) is 0. The third kappa shape index (κ3) is 7.62. The Hall–Kier alpha value is -3.91. The molecule has 33 heavy (non-hydrogen) atoms. The Bertz CT molecular complexity index is 1060. The van der Waals surface area contributed by atoms with Crippen molar-refractivity contribution in [3.63, 3.8) is 0 Å². The second kappa shape index (κ2) is 12.2. The second-order valence-electron chi connectivity index (χ2n) is 7.22. The normalized spacial score (nSPS) is 11.0. The van der Waals surface area contributed by atoms with Gasteiger partial charge in [-0.15, -0.1) is 0 Å².